The van der Waals surface area contributed by atoms with Crippen LogP contribution in [0.1, 0.15) is 16.8 Å². The molecule has 2 aromatic carbocycles. The van der Waals surface area contributed by atoms with Crippen molar-refractivity contribution in [1.29, 1.82) is 0 Å². The van der Waals surface area contributed by atoms with Gasteiger partial charge in [-0.05, 0) is 18.1 Å². The lowest BCUT2D eigenvalue weighted by atomic mass is 10.2. The summed E-state index contributed by atoms with van der Waals surface area (Å²) in [5.74, 6) is 0. The van der Waals surface area contributed by atoms with Gasteiger partial charge in [-0.1, -0.05) is 60.7 Å². The Hall–Kier alpha value is -2.55. The van der Waals surface area contributed by atoms with Gasteiger partial charge in [-0.3, -0.25) is 9.48 Å². The highest BCUT2D eigenvalue weighted by molar-refractivity contribution is 5.18. The SMILES string of the molecule is Cc1cc(=O)n(Cc2ccccc2)n1Cc1ccccc1. The average Bonchev–Trinajstić information content (AvgIpc) is 2.76. The number of aryl methyl sites for hydroxylation is 1. The molecule has 0 aliphatic carbocycles. The standard InChI is InChI=1S/C18H18N2O/c1-15-12-18(21)20(14-17-10-6-3-7-11-17)19(15)13-16-8-4-2-5-9-16/h2-12H,13-14H2,1H3. The van der Waals surface area contributed by atoms with Crippen LogP contribution >= 0.6 is 0 Å². The first kappa shape index (κ1) is 13.4. The van der Waals surface area contributed by atoms with E-state index in [1.807, 2.05) is 60.1 Å². The van der Waals surface area contributed by atoms with Crippen LogP contribution in [0.15, 0.2) is 71.5 Å². The van der Waals surface area contributed by atoms with Crippen molar-refractivity contribution < 1.29 is 0 Å². The summed E-state index contributed by atoms with van der Waals surface area (Å²) in [5.41, 5.74) is 3.36. The minimum absolute atomic E-state index is 0.0484. The van der Waals surface area contributed by atoms with Crippen LogP contribution in [0.4, 0.5) is 0 Å². The molecule has 0 saturated heterocycles. The van der Waals surface area contributed by atoms with E-state index in [0.29, 0.717) is 13.1 Å². The fourth-order valence-corrected chi connectivity index (χ4v) is 2.52. The maximum Gasteiger partial charge on any atom is 0.267 e. The second kappa shape index (κ2) is 5.83. The second-order valence-electron chi connectivity index (χ2n) is 5.21. The molecule has 3 rings (SSSR count). The molecule has 0 radical (unpaired) electrons. The van der Waals surface area contributed by atoms with Crippen LogP contribution < -0.4 is 5.56 Å². The molecule has 21 heavy (non-hydrogen) atoms. The zero-order valence-corrected chi connectivity index (χ0v) is 12.1. The van der Waals surface area contributed by atoms with E-state index < -0.39 is 0 Å². The van der Waals surface area contributed by atoms with Crippen LogP contribution in [-0.4, -0.2) is 9.36 Å². The van der Waals surface area contributed by atoms with Crippen molar-refractivity contribution in [1.82, 2.24) is 9.36 Å². The first-order chi connectivity index (χ1) is 10.2. The summed E-state index contributed by atoms with van der Waals surface area (Å²) < 4.78 is 3.85. The Morgan fingerprint density at radius 3 is 1.76 bits per heavy atom. The molecule has 3 nitrogen and oxygen atoms in total. The summed E-state index contributed by atoms with van der Waals surface area (Å²) in [6.07, 6.45) is 0. The average molecular weight is 278 g/mol. The van der Waals surface area contributed by atoms with Gasteiger partial charge in [0.2, 0.25) is 0 Å². The summed E-state index contributed by atoms with van der Waals surface area (Å²) in [6, 6.07) is 22.0. The van der Waals surface area contributed by atoms with Crippen molar-refractivity contribution >= 4 is 0 Å². The fraction of sp³-hybridized carbons (Fsp3) is 0.167. The van der Waals surface area contributed by atoms with Gasteiger partial charge in [-0.15, -0.1) is 0 Å². The van der Waals surface area contributed by atoms with E-state index in [0.717, 1.165) is 11.3 Å². The Balaban J connectivity index is 1.95. The van der Waals surface area contributed by atoms with E-state index in [2.05, 4.69) is 12.1 Å². The predicted molar refractivity (Wildman–Crippen MR) is 84.5 cm³/mol. The van der Waals surface area contributed by atoms with Crippen LogP contribution in [0.5, 0.6) is 0 Å². The van der Waals surface area contributed by atoms with Crippen molar-refractivity contribution in [2.45, 2.75) is 20.0 Å². The highest BCUT2D eigenvalue weighted by atomic mass is 16.1. The summed E-state index contributed by atoms with van der Waals surface area (Å²) in [4.78, 5) is 12.2. The smallest absolute Gasteiger partial charge is 0.267 e. The van der Waals surface area contributed by atoms with Gasteiger partial charge in [0, 0.05) is 11.8 Å². The van der Waals surface area contributed by atoms with Gasteiger partial charge in [-0.2, -0.15) is 0 Å². The highest BCUT2D eigenvalue weighted by Gasteiger charge is 2.09. The van der Waals surface area contributed by atoms with Gasteiger partial charge in [0.25, 0.3) is 5.56 Å². The lowest BCUT2D eigenvalue weighted by Gasteiger charge is -2.14. The highest BCUT2D eigenvalue weighted by Crippen LogP contribution is 2.07. The number of hydrogen-bond acceptors (Lipinski definition) is 1. The summed E-state index contributed by atoms with van der Waals surface area (Å²) in [6.45, 7) is 3.29. The Bertz CT molecular complexity index is 770. The molecule has 0 aliphatic heterocycles. The molecule has 0 amide bonds. The largest absolute Gasteiger partial charge is 0.282 e. The molecule has 0 fully saturated rings. The van der Waals surface area contributed by atoms with E-state index in [4.69, 9.17) is 0 Å². The van der Waals surface area contributed by atoms with Gasteiger partial charge in [0.05, 0.1) is 13.1 Å². The summed E-state index contributed by atoms with van der Waals surface area (Å²) in [5, 5.41) is 0. The van der Waals surface area contributed by atoms with Crippen molar-refractivity contribution in [3.8, 4) is 0 Å². The molecule has 106 valence electrons. The molecular weight excluding hydrogens is 260 g/mol. The quantitative estimate of drug-likeness (QED) is 0.720. The maximum atomic E-state index is 12.2. The number of hydrogen-bond donors (Lipinski definition) is 0. The molecule has 0 saturated carbocycles. The van der Waals surface area contributed by atoms with E-state index in [-0.39, 0.29) is 5.56 Å². The normalized spacial score (nSPS) is 10.7. The molecule has 0 N–H and O–H groups in total. The number of nitrogens with zero attached hydrogens (tertiary/aromatic N) is 2. The lowest BCUT2D eigenvalue weighted by molar-refractivity contribution is 0.492. The first-order valence-corrected chi connectivity index (χ1v) is 7.09. The van der Waals surface area contributed by atoms with Crippen molar-refractivity contribution in [2.75, 3.05) is 0 Å². The monoisotopic (exact) mass is 278 g/mol. The van der Waals surface area contributed by atoms with Crippen molar-refractivity contribution in [2.24, 2.45) is 0 Å². The van der Waals surface area contributed by atoms with Crippen LogP contribution in [0.3, 0.4) is 0 Å². The van der Waals surface area contributed by atoms with Crippen LogP contribution in [0, 0.1) is 6.92 Å². The van der Waals surface area contributed by atoms with Crippen molar-refractivity contribution in [3.05, 3.63) is 93.9 Å². The topological polar surface area (TPSA) is 26.9 Å². The van der Waals surface area contributed by atoms with Crippen LogP contribution in [0.25, 0.3) is 0 Å². The fourth-order valence-electron chi connectivity index (χ4n) is 2.52. The minimum atomic E-state index is 0.0484. The third-order valence-corrected chi connectivity index (χ3v) is 3.64. The van der Waals surface area contributed by atoms with Gasteiger partial charge >= 0.3 is 0 Å². The number of aromatic nitrogens is 2. The van der Waals surface area contributed by atoms with Crippen molar-refractivity contribution in [3.63, 3.8) is 0 Å². The Kier molecular flexibility index (Phi) is 3.73. The second-order valence-corrected chi connectivity index (χ2v) is 5.21. The molecule has 0 spiro atoms. The van der Waals surface area contributed by atoms with E-state index in [9.17, 15) is 4.79 Å². The third kappa shape index (κ3) is 2.97. The molecule has 3 heteroatoms. The third-order valence-electron chi connectivity index (χ3n) is 3.64. The minimum Gasteiger partial charge on any atom is -0.282 e. The van der Waals surface area contributed by atoms with E-state index in [1.54, 1.807) is 10.7 Å². The predicted octanol–water partition coefficient (Wildman–Crippen LogP) is 3.05. The zero-order chi connectivity index (χ0) is 14.7. The van der Waals surface area contributed by atoms with Gasteiger partial charge in [0.15, 0.2) is 0 Å². The summed E-state index contributed by atoms with van der Waals surface area (Å²) >= 11 is 0. The van der Waals surface area contributed by atoms with Gasteiger partial charge in [-0.25, -0.2) is 4.68 Å². The Morgan fingerprint density at radius 1 is 0.762 bits per heavy atom. The molecular formula is C18H18N2O. The van der Waals surface area contributed by atoms with Gasteiger partial charge < -0.3 is 0 Å². The zero-order valence-electron chi connectivity index (χ0n) is 12.1. The van der Waals surface area contributed by atoms with Crippen LogP contribution in [0.2, 0.25) is 0 Å². The molecule has 0 aliphatic rings. The maximum absolute atomic E-state index is 12.2. The van der Waals surface area contributed by atoms with E-state index >= 15 is 0 Å². The molecule has 0 unspecified atom stereocenters. The molecule has 1 heterocycles. The number of rotatable bonds is 4. The Morgan fingerprint density at radius 2 is 1.24 bits per heavy atom. The van der Waals surface area contributed by atoms with E-state index in [1.165, 1.54) is 5.56 Å². The lowest BCUT2D eigenvalue weighted by Crippen LogP contribution is -2.24. The Labute approximate surface area is 124 Å². The van der Waals surface area contributed by atoms with Gasteiger partial charge in [0.1, 0.15) is 0 Å². The molecule has 1 aromatic heterocycles. The molecule has 3 aromatic rings. The first-order valence-electron chi connectivity index (χ1n) is 7.09. The van der Waals surface area contributed by atoms with Crippen LogP contribution in [-0.2, 0) is 13.1 Å². The molecule has 0 bridgehead atoms. The molecule has 0 atom stereocenters. The number of benzene rings is 2. The summed E-state index contributed by atoms with van der Waals surface area (Å²) in [7, 11) is 0.